The topological polar surface area (TPSA) is 90.4 Å². The van der Waals surface area contributed by atoms with E-state index in [4.69, 9.17) is 13.6 Å². The van der Waals surface area contributed by atoms with Crippen molar-refractivity contribution in [3.05, 3.63) is 58.3 Å². The molecule has 23 heavy (non-hydrogen) atoms. The quantitative estimate of drug-likeness (QED) is 0.733. The Bertz CT molecular complexity index is 810. The molecule has 0 radical (unpaired) electrons. The number of halogens is 1. The van der Waals surface area contributed by atoms with Crippen LogP contribution in [0.3, 0.4) is 0 Å². The number of anilines is 1. The van der Waals surface area contributed by atoms with Crippen LogP contribution in [-0.4, -0.2) is 23.2 Å². The number of ether oxygens (including phenoxy) is 1. The third kappa shape index (κ3) is 3.78. The van der Waals surface area contributed by atoms with Crippen LogP contribution < -0.4 is 10.1 Å². The molecule has 0 atom stereocenters. The van der Waals surface area contributed by atoms with E-state index >= 15 is 0 Å². The highest BCUT2D eigenvalue weighted by atomic mass is 79.9. The number of carbonyl (C=O) groups excluding carboxylic acids is 1. The lowest BCUT2D eigenvalue weighted by molar-refractivity contribution is 0.0992. The van der Waals surface area contributed by atoms with Gasteiger partial charge < -0.3 is 13.6 Å². The first-order valence-corrected chi connectivity index (χ1v) is 7.45. The summed E-state index contributed by atoms with van der Waals surface area (Å²) in [5.74, 6) is 0.852. The highest BCUT2D eigenvalue weighted by Gasteiger charge is 2.15. The van der Waals surface area contributed by atoms with E-state index in [-0.39, 0.29) is 11.8 Å². The van der Waals surface area contributed by atoms with Gasteiger partial charge in [-0.05, 0) is 45.8 Å². The molecule has 2 heterocycles. The summed E-state index contributed by atoms with van der Waals surface area (Å²) >= 11 is 3.13. The molecule has 0 spiro atoms. The molecular formula is C15H12BrN3O4. The van der Waals surface area contributed by atoms with Crippen molar-refractivity contribution in [1.82, 2.24) is 10.2 Å². The van der Waals surface area contributed by atoms with Crippen molar-refractivity contribution < 1.29 is 18.4 Å². The number of aromatic nitrogens is 2. The summed E-state index contributed by atoms with van der Waals surface area (Å²) in [6.07, 6.45) is 0.458. The Balaban J connectivity index is 1.64. The number of benzene rings is 1. The molecule has 1 amide bonds. The molecule has 0 fully saturated rings. The Morgan fingerprint density at radius 2 is 1.96 bits per heavy atom. The maximum absolute atomic E-state index is 11.9. The van der Waals surface area contributed by atoms with E-state index in [2.05, 4.69) is 31.4 Å². The Labute approximate surface area is 139 Å². The monoisotopic (exact) mass is 377 g/mol. The number of nitrogens with zero attached hydrogens (tertiary/aromatic N) is 2. The van der Waals surface area contributed by atoms with Gasteiger partial charge >= 0.3 is 6.01 Å². The molecule has 2 aromatic heterocycles. The first-order valence-electron chi connectivity index (χ1n) is 6.66. The Hall–Kier alpha value is -2.61. The number of amides is 1. The lowest BCUT2D eigenvalue weighted by Crippen LogP contribution is -2.10. The maximum Gasteiger partial charge on any atom is 0.322 e. The zero-order valence-corrected chi connectivity index (χ0v) is 13.7. The SMILES string of the molecule is COc1ccc(Cc2nnc(NC(=O)c3ccc(Br)o3)o2)cc1. The summed E-state index contributed by atoms with van der Waals surface area (Å²) in [5, 5.41) is 10.2. The van der Waals surface area contributed by atoms with Crippen LogP contribution in [0.1, 0.15) is 22.0 Å². The molecule has 1 N–H and O–H groups in total. The lowest BCUT2D eigenvalue weighted by atomic mass is 10.1. The third-order valence-corrected chi connectivity index (χ3v) is 3.42. The molecule has 3 rings (SSSR count). The number of rotatable bonds is 5. The average molecular weight is 378 g/mol. The van der Waals surface area contributed by atoms with Gasteiger partial charge in [0.05, 0.1) is 13.5 Å². The van der Waals surface area contributed by atoms with E-state index in [1.54, 1.807) is 13.2 Å². The van der Waals surface area contributed by atoms with Crippen molar-refractivity contribution in [1.29, 1.82) is 0 Å². The largest absolute Gasteiger partial charge is 0.497 e. The predicted molar refractivity (Wildman–Crippen MR) is 84.5 cm³/mol. The van der Waals surface area contributed by atoms with E-state index in [1.807, 2.05) is 24.3 Å². The second-order valence-electron chi connectivity index (χ2n) is 4.58. The highest BCUT2D eigenvalue weighted by molar-refractivity contribution is 9.10. The van der Waals surface area contributed by atoms with Crippen LogP contribution in [-0.2, 0) is 6.42 Å². The van der Waals surface area contributed by atoms with Crippen molar-refractivity contribution in [2.24, 2.45) is 0 Å². The zero-order valence-electron chi connectivity index (χ0n) is 12.1. The van der Waals surface area contributed by atoms with E-state index in [0.717, 1.165) is 11.3 Å². The van der Waals surface area contributed by atoms with Gasteiger partial charge in [0.25, 0.3) is 5.91 Å². The van der Waals surface area contributed by atoms with Crippen molar-refractivity contribution in [3.63, 3.8) is 0 Å². The molecular weight excluding hydrogens is 366 g/mol. The van der Waals surface area contributed by atoms with E-state index < -0.39 is 5.91 Å². The molecule has 0 saturated heterocycles. The number of furan rings is 1. The molecule has 118 valence electrons. The van der Waals surface area contributed by atoms with Crippen LogP contribution in [0.15, 0.2) is 49.9 Å². The number of hydrogen-bond acceptors (Lipinski definition) is 6. The summed E-state index contributed by atoms with van der Waals surface area (Å²) in [7, 11) is 1.61. The summed E-state index contributed by atoms with van der Waals surface area (Å²) in [6, 6.07) is 10.7. The van der Waals surface area contributed by atoms with E-state index in [0.29, 0.717) is 17.0 Å². The van der Waals surface area contributed by atoms with E-state index in [9.17, 15) is 4.79 Å². The number of hydrogen-bond donors (Lipinski definition) is 1. The fourth-order valence-electron chi connectivity index (χ4n) is 1.89. The highest BCUT2D eigenvalue weighted by Crippen LogP contribution is 2.17. The van der Waals surface area contributed by atoms with Crippen molar-refractivity contribution in [2.75, 3.05) is 12.4 Å². The van der Waals surface area contributed by atoms with Crippen molar-refractivity contribution in [3.8, 4) is 5.75 Å². The van der Waals surface area contributed by atoms with Crippen molar-refractivity contribution in [2.45, 2.75) is 6.42 Å². The number of carbonyl (C=O) groups is 1. The van der Waals surface area contributed by atoms with Crippen LogP contribution in [0.2, 0.25) is 0 Å². The van der Waals surface area contributed by atoms with Gasteiger partial charge in [0.1, 0.15) is 5.75 Å². The minimum absolute atomic E-state index is 0.0195. The van der Waals surface area contributed by atoms with Gasteiger partial charge in [-0.3, -0.25) is 10.1 Å². The number of nitrogens with one attached hydrogen (secondary N) is 1. The lowest BCUT2D eigenvalue weighted by Gasteiger charge is -2.00. The third-order valence-electron chi connectivity index (χ3n) is 3.00. The molecule has 3 aromatic rings. The summed E-state index contributed by atoms with van der Waals surface area (Å²) in [6.45, 7) is 0. The maximum atomic E-state index is 11.9. The van der Waals surface area contributed by atoms with Crippen LogP contribution in [0.4, 0.5) is 6.01 Å². The minimum atomic E-state index is -0.463. The van der Waals surface area contributed by atoms with Crippen LogP contribution in [0.5, 0.6) is 5.75 Å². The van der Waals surface area contributed by atoms with Gasteiger partial charge in [0.2, 0.25) is 5.89 Å². The van der Waals surface area contributed by atoms with Crippen LogP contribution >= 0.6 is 15.9 Å². The van der Waals surface area contributed by atoms with Gasteiger partial charge in [-0.25, -0.2) is 0 Å². The first kappa shape index (κ1) is 15.3. The average Bonchev–Trinajstić information content (AvgIpc) is 3.17. The van der Waals surface area contributed by atoms with Gasteiger partial charge in [-0.1, -0.05) is 17.2 Å². The molecule has 1 aromatic carbocycles. The fourth-order valence-corrected chi connectivity index (χ4v) is 2.20. The second-order valence-corrected chi connectivity index (χ2v) is 5.37. The molecule has 7 nitrogen and oxygen atoms in total. The molecule has 0 aliphatic heterocycles. The summed E-state index contributed by atoms with van der Waals surface area (Å²) in [4.78, 5) is 11.9. The summed E-state index contributed by atoms with van der Waals surface area (Å²) in [5.41, 5.74) is 0.988. The standard InChI is InChI=1S/C15H12BrN3O4/c1-21-10-4-2-9(3-5-10)8-13-18-19-15(23-13)17-14(20)11-6-7-12(16)22-11/h2-7H,8H2,1H3,(H,17,19,20). The molecule has 0 bridgehead atoms. The van der Waals surface area contributed by atoms with Crippen LogP contribution in [0, 0.1) is 0 Å². The fraction of sp³-hybridized carbons (Fsp3) is 0.133. The molecule has 0 unspecified atom stereocenters. The van der Waals surface area contributed by atoms with Gasteiger partial charge in [-0.15, -0.1) is 5.10 Å². The zero-order chi connectivity index (χ0) is 16.2. The van der Waals surface area contributed by atoms with Gasteiger partial charge in [-0.2, -0.15) is 0 Å². The van der Waals surface area contributed by atoms with Crippen LogP contribution in [0.25, 0.3) is 0 Å². The Kier molecular flexibility index (Phi) is 4.42. The normalized spacial score (nSPS) is 10.5. The molecule has 8 heteroatoms. The smallest absolute Gasteiger partial charge is 0.322 e. The minimum Gasteiger partial charge on any atom is -0.497 e. The van der Waals surface area contributed by atoms with Gasteiger partial charge in [0.15, 0.2) is 10.4 Å². The van der Waals surface area contributed by atoms with E-state index in [1.165, 1.54) is 6.07 Å². The summed E-state index contributed by atoms with van der Waals surface area (Å²) < 4.78 is 16.1. The Morgan fingerprint density at radius 1 is 1.17 bits per heavy atom. The molecule has 0 aliphatic rings. The van der Waals surface area contributed by atoms with Gasteiger partial charge in [0, 0.05) is 0 Å². The molecule has 0 saturated carbocycles. The second kappa shape index (κ2) is 6.66. The Morgan fingerprint density at radius 3 is 2.61 bits per heavy atom. The van der Waals surface area contributed by atoms with Crippen molar-refractivity contribution >= 4 is 27.9 Å². The number of methoxy groups -OCH3 is 1. The first-order chi connectivity index (χ1) is 11.1. The predicted octanol–water partition coefficient (Wildman–Crippen LogP) is 3.28. The molecule has 0 aliphatic carbocycles.